The van der Waals surface area contributed by atoms with E-state index >= 15 is 0 Å². The summed E-state index contributed by atoms with van der Waals surface area (Å²) < 4.78 is 2.40. The maximum absolute atomic E-state index is 4.78. The lowest BCUT2D eigenvalue weighted by molar-refractivity contribution is 0.508. The number of imidazole rings is 1. The molecule has 0 spiro atoms. The zero-order valence-corrected chi connectivity index (χ0v) is 9.95. The normalized spacial score (nSPS) is 16.5. The highest BCUT2D eigenvalue weighted by Crippen LogP contribution is 2.37. The molecule has 17 heavy (non-hydrogen) atoms. The van der Waals surface area contributed by atoms with E-state index in [1.54, 1.807) is 0 Å². The van der Waals surface area contributed by atoms with Crippen LogP contribution < -0.4 is 5.32 Å². The van der Waals surface area contributed by atoms with Crippen LogP contribution in [0.3, 0.4) is 0 Å². The number of benzene rings is 1. The Labute approximate surface area is 100 Å². The number of hydrogen-bond donors (Lipinski definition) is 1. The van der Waals surface area contributed by atoms with Crippen molar-refractivity contribution in [2.75, 3.05) is 6.54 Å². The Morgan fingerprint density at radius 3 is 3.24 bits per heavy atom. The first-order valence-corrected chi connectivity index (χ1v) is 6.22. The van der Waals surface area contributed by atoms with Gasteiger partial charge in [0.15, 0.2) is 0 Å². The minimum absolute atomic E-state index is 0.911. The zero-order chi connectivity index (χ0) is 11.4. The van der Waals surface area contributed by atoms with E-state index in [2.05, 4.69) is 35.0 Å². The summed E-state index contributed by atoms with van der Waals surface area (Å²) >= 11 is 0. The van der Waals surface area contributed by atoms with Crippen molar-refractivity contribution >= 4 is 0 Å². The van der Waals surface area contributed by atoms with Crippen molar-refractivity contribution in [3.8, 4) is 11.3 Å². The topological polar surface area (TPSA) is 29.9 Å². The van der Waals surface area contributed by atoms with E-state index in [9.17, 15) is 0 Å². The number of hydrogen-bond acceptors (Lipinski definition) is 2. The summed E-state index contributed by atoms with van der Waals surface area (Å²) in [7, 11) is 0. The van der Waals surface area contributed by atoms with Gasteiger partial charge in [-0.3, -0.25) is 0 Å². The summed E-state index contributed by atoms with van der Waals surface area (Å²) in [5.74, 6) is 1.20. The van der Waals surface area contributed by atoms with Gasteiger partial charge < -0.3 is 9.88 Å². The highest BCUT2D eigenvalue weighted by molar-refractivity contribution is 5.74. The van der Waals surface area contributed by atoms with E-state index in [0.717, 1.165) is 26.1 Å². The van der Waals surface area contributed by atoms with Crippen molar-refractivity contribution < 1.29 is 0 Å². The fraction of sp³-hybridized carbons (Fsp3) is 0.357. The summed E-state index contributed by atoms with van der Waals surface area (Å²) in [4.78, 5) is 4.78. The molecule has 1 aliphatic carbocycles. The summed E-state index contributed by atoms with van der Waals surface area (Å²) in [5, 5.41) is 3.38. The molecule has 3 nitrogen and oxygen atoms in total. The number of fused-ring (bicyclic) bond motifs is 5. The first-order chi connectivity index (χ1) is 8.33. The number of rotatable bonds is 0. The van der Waals surface area contributed by atoms with Crippen molar-refractivity contribution in [3.63, 3.8) is 0 Å². The Morgan fingerprint density at radius 1 is 1.35 bits per heavy atom. The predicted octanol–water partition coefficient (Wildman–Crippen LogP) is 1.87. The molecule has 1 aromatic carbocycles. The number of aryl methyl sites for hydroxylation is 1. The largest absolute Gasteiger partial charge is 0.325 e. The lowest BCUT2D eigenvalue weighted by Gasteiger charge is -2.17. The van der Waals surface area contributed by atoms with E-state index in [1.807, 2.05) is 0 Å². The second-order valence-corrected chi connectivity index (χ2v) is 4.99. The van der Waals surface area contributed by atoms with Crippen LogP contribution in [0.2, 0.25) is 0 Å². The van der Waals surface area contributed by atoms with Crippen molar-refractivity contribution in [3.05, 3.63) is 40.8 Å². The minimum atomic E-state index is 0.911. The minimum Gasteiger partial charge on any atom is -0.325 e. The molecule has 0 unspecified atom stereocenters. The van der Waals surface area contributed by atoms with Crippen molar-refractivity contribution in [2.45, 2.75) is 26.4 Å². The average molecular weight is 225 g/mol. The Bertz CT molecular complexity index is 610. The molecule has 2 aliphatic rings. The molecule has 0 atom stereocenters. The lowest BCUT2D eigenvalue weighted by Crippen LogP contribution is -2.28. The molecule has 1 N–H and O–H groups in total. The van der Waals surface area contributed by atoms with E-state index in [-0.39, 0.29) is 0 Å². The van der Waals surface area contributed by atoms with Gasteiger partial charge in [0.1, 0.15) is 5.82 Å². The molecule has 0 radical (unpaired) electrons. The van der Waals surface area contributed by atoms with Crippen LogP contribution in [0, 0.1) is 6.92 Å². The van der Waals surface area contributed by atoms with Crippen molar-refractivity contribution in [2.24, 2.45) is 0 Å². The highest BCUT2D eigenvalue weighted by Gasteiger charge is 2.27. The second kappa shape index (κ2) is 3.20. The average Bonchev–Trinajstić information content (AvgIpc) is 2.84. The molecule has 0 fully saturated rings. The standard InChI is InChI=1S/C14H15N3/c1-9-2-3-10-7-12-14(11(10)6-9)17-5-4-15-8-13(17)16-12/h2-3,6,15H,4-5,7-8H2,1H3. The Hall–Kier alpha value is -1.61. The van der Waals surface area contributed by atoms with Gasteiger partial charge in [-0.05, 0) is 18.6 Å². The maximum Gasteiger partial charge on any atom is 0.123 e. The van der Waals surface area contributed by atoms with E-state index in [0.29, 0.717) is 0 Å². The maximum atomic E-state index is 4.78. The summed E-state index contributed by atoms with van der Waals surface area (Å²) in [6.07, 6.45) is 1.00. The smallest absolute Gasteiger partial charge is 0.123 e. The number of nitrogens with zero attached hydrogens (tertiary/aromatic N) is 2. The van der Waals surface area contributed by atoms with E-state index in [1.165, 1.54) is 33.9 Å². The molecular formula is C14H15N3. The molecule has 86 valence electrons. The van der Waals surface area contributed by atoms with E-state index < -0.39 is 0 Å². The monoisotopic (exact) mass is 225 g/mol. The van der Waals surface area contributed by atoms with Gasteiger partial charge in [-0.25, -0.2) is 4.98 Å². The van der Waals surface area contributed by atoms with Gasteiger partial charge in [0.2, 0.25) is 0 Å². The molecular weight excluding hydrogens is 210 g/mol. The fourth-order valence-electron chi connectivity index (χ4n) is 2.99. The van der Waals surface area contributed by atoms with Crippen LogP contribution in [-0.4, -0.2) is 16.1 Å². The quantitative estimate of drug-likeness (QED) is 0.633. The molecule has 0 saturated carbocycles. The Balaban J connectivity index is 1.98. The van der Waals surface area contributed by atoms with Crippen LogP contribution in [0.4, 0.5) is 0 Å². The molecule has 1 aliphatic heterocycles. The molecule has 3 heteroatoms. The van der Waals surface area contributed by atoms with Gasteiger partial charge in [0.25, 0.3) is 0 Å². The third kappa shape index (κ3) is 1.23. The molecule has 0 bridgehead atoms. The highest BCUT2D eigenvalue weighted by atomic mass is 15.2. The van der Waals surface area contributed by atoms with Gasteiger partial charge in [-0.2, -0.15) is 0 Å². The van der Waals surface area contributed by atoms with Crippen LogP contribution in [-0.2, 0) is 19.5 Å². The molecule has 1 aromatic heterocycles. The van der Waals surface area contributed by atoms with Gasteiger partial charge in [-0.1, -0.05) is 17.7 Å². The lowest BCUT2D eigenvalue weighted by atomic mass is 10.1. The third-order valence-electron chi connectivity index (χ3n) is 3.79. The summed E-state index contributed by atoms with van der Waals surface area (Å²) in [6, 6.07) is 6.75. The molecule has 4 rings (SSSR count). The molecule has 2 aromatic rings. The summed E-state index contributed by atoms with van der Waals surface area (Å²) in [6.45, 7) is 5.17. The Kier molecular flexibility index (Phi) is 1.77. The van der Waals surface area contributed by atoms with Crippen molar-refractivity contribution in [1.82, 2.24) is 14.9 Å². The van der Waals surface area contributed by atoms with E-state index in [4.69, 9.17) is 4.98 Å². The molecule has 2 heterocycles. The SMILES string of the molecule is Cc1ccc2c(c1)-c1c(nc3n1CCNC3)C2. The fourth-order valence-corrected chi connectivity index (χ4v) is 2.99. The summed E-state index contributed by atoms with van der Waals surface area (Å²) in [5.41, 5.74) is 6.81. The van der Waals surface area contributed by atoms with Crippen LogP contribution in [0.1, 0.15) is 22.6 Å². The second-order valence-electron chi connectivity index (χ2n) is 4.99. The third-order valence-corrected chi connectivity index (χ3v) is 3.79. The Morgan fingerprint density at radius 2 is 2.29 bits per heavy atom. The van der Waals surface area contributed by atoms with Gasteiger partial charge in [0.05, 0.1) is 17.9 Å². The van der Waals surface area contributed by atoms with Crippen LogP contribution in [0.5, 0.6) is 0 Å². The predicted molar refractivity (Wildman–Crippen MR) is 66.9 cm³/mol. The van der Waals surface area contributed by atoms with Crippen LogP contribution in [0.25, 0.3) is 11.3 Å². The van der Waals surface area contributed by atoms with Gasteiger partial charge >= 0.3 is 0 Å². The van der Waals surface area contributed by atoms with Gasteiger partial charge in [-0.15, -0.1) is 0 Å². The van der Waals surface area contributed by atoms with Crippen molar-refractivity contribution in [1.29, 1.82) is 0 Å². The number of aromatic nitrogens is 2. The molecule has 0 amide bonds. The van der Waals surface area contributed by atoms with Crippen LogP contribution >= 0.6 is 0 Å². The molecule has 0 saturated heterocycles. The first-order valence-electron chi connectivity index (χ1n) is 6.22. The number of nitrogens with one attached hydrogen (secondary N) is 1. The first kappa shape index (κ1) is 9.42. The van der Waals surface area contributed by atoms with Crippen LogP contribution in [0.15, 0.2) is 18.2 Å². The van der Waals surface area contributed by atoms with Gasteiger partial charge in [0, 0.05) is 25.1 Å². The zero-order valence-electron chi connectivity index (χ0n) is 9.95.